The molecule has 0 aliphatic carbocycles. The fraction of sp³-hybridized carbons (Fsp3) is 0.235. The van der Waals surface area contributed by atoms with Gasteiger partial charge >= 0.3 is 8.32 Å². The highest BCUT2D eigenvalue weighted by Crippen LogP contribution is 2.37. The molecule has 0 radical (unpaired) electrons. The van der Waals surface area contributed by atoms with Crippen molar-refractivity contribution in [2.45, 2.75) is 50.9 Å². The third-order valence-electron chi connectivity index (χ3n) is 7.60. The lowest BCUT2D eigenvalue weighted by molar-refractivity contribution is 0.0208. The zero-order chi connectivity index (χ0) is 27.5. The van der Waals surface area contributed by atoms with Gasteiger partial charge in [-0.25, -0.2) is 0 Å². The number of aliphatic hydroxyl groups excluding tert-OH is 2. The Bertz CT molecular complexity index is 1450. The van der Waals surface area contributed by atoms with Gasteiger partial charge in [-0.2, -0.15) is 0 Å². The SMILES string of the molecule is CC(C)(C)[Si](Oc1ccc(C[C@H](O)[C@H](O)Cc2c[nH]c3ccccc23)cc1)(c1ccccc1)c1ccccc1. The molecule has 0 bridgehead atoms. The first-order valence-electron chi connectivity index (χ1n) is 13.6. The first kappa shape index (κ1) is 26.9. The van der Waals surface area contributed by atoms with Crippen LogP contribution in [0.5, 0.6) is 5.75 Å². The number of para-hydroxylation sites is 1. The van der Waals surface area contributed by atoms with Crippen molar-refractivity contribution in [2.24, 2.45) is 0 Å². The second kappa shape index (κ2) is 11.2. The van der Waals surface area contributed by atoms with Crippen molar-refractivity contribution >= 4 is 29.6 Å². The zero-order valence-corrected chi connectivity index (χ0v) is 23.8. The summed E-state index contributed by atoms with van der Waals surface area (Å²) in [6.07, 6.45) is 0.931. The highest BCUT2D eigenvalue weighted by molar-refractivity contribution is 7.00. The Morgan fingerprint density at radius 1 is 0.692 bits per heavy atom. The quantitative estimate of drug-likeness (QED) is 0.215. The number of nitrogens with one attached hydrogen (secondary N) is 1. The second-order valence-corrected chi connectivity index (χ2v) is 15.5. The molecule has 2 atom stereocenters. The summed E-state index contributed by atoms with van der Waals surface area (Å²) in [7, 11) is -2.71. The third-order valence-corrected chi connectivity index (χ3v) is 12.6. The van der Waals surface area contributed by atoms with Crippen LogP contribution in [0.25, 0.3) is 10.9 Å². The summed E-state index contributed by atoms with van der Waals surface area (Å²) in [6, 6.07) is 37.2. The molecule has 5 aromatic rings. The van der Waals surface area contributed by atoms with E-state index in [1.807, 2.05) is 66.9 Å². The molecule has 1 aromatic heterocycles. The van der Waals surface area contributed by atoms with Gasteiger partial charge in [0.05, 0.1) is 12.2 Å². The van der Waals surface area contributed by atoms with Crippen LogP contribution in [-0.2, 0) is 12.8 Å². The number of aliphatic hydroxyl groups is 2. The lowest BCUT2D eigenvalue weighted by atomic mass is 9.98. The molecule has 0 saturated heterocycles. The molecule has 0 amide bonds. The normalized spacial score (nSPS) is 13.8. The number of benzene rings is 4. The van der Waals surface area contributed by atoms with Crippen LogP contribution in [0.2, 0.25) is 5.04 Å². The number of fused-ring (bicyclic) bond motifs is 1. The molecule has 0 aliphatic heterocycles. The molecule has 0 aliphatic rings. The summed E-state index contributed by atoms with van der Waals surface area (Å²) in [6.45, 7) is 6.79. The summed E-state index contributed by atoms with van der Waals surface area (Å²) in [5, 5.41) is 25.0. The fourth-order valence-electron chi connectivity index (χ4n) is 5.56. The van der Waals surface area contributed by atoms with Crippen LogP contribution in [0.4, 0.5) is 0 Å². The number of rotatable bonds is 9. The largest absolute Gasteiger partial charge is 0.534 e. The van der Waals surface area contributed by atoms with Gasteiger partial charge in [0.2, 0.25) is 0 Å². The molecule has 3 N–H and O–H groups in total. The standard InChI is InChI=1S/C34H37NO3Si/c1-34(2,3)39(28-12-6-4-7-13-28,29-14-8-5-9-15-29)38-27-20-18-25(19-21-27)22-32(36)33(37)23-26-24-35-31-17-11-10-16-30(26)31/h4-21,24,32-33,35-37H,22-23H2,1-3H3/t32-,33+/m0/s1. The van der Waals surface area contributed by atoms with E-state index in [1.165, 1.54) is 10.4 Å². The van der Waals surface area contributed by atoms with E-state index in [4.69, 9.17) is 4.43 Å². The molecule has 0 saturated carbocycles. The number of aromatic nitrogens is 1. The topological polar surface area (TPSA) is 65.5 Å². The van der Waals surface area contributed by atoms with E-state index < -0.39 is 20.5 Å². The van der Waals surface area contributed by atoms with Crippen LogP contribution >= 0.6 is 0 Å². The lowest BCUT2D eigenvalue weighted by Crippen LogP contribution is -2.68. The van der Waals surface area contributed by atoms with Crippen molar-refractivity contribution in [1.82, 2.24) is 4.98 Å². The van der Waals surface area contributed by atoms with E-state index in [2.05, 4.69) is 74.3 Å². The highest BCUT2D eigenvalue weighted by Gasteiger charge is 2.52. The molecule has 5 rings (SSSR count). The van der Waals surface area contributed by atoms with Gasteiger partial charge in [-0.15, -0.1) is 0 Å². The highest BCUT2D eigenvalue weighted by atomic mass is 28.4. The van der Waals surface area contributed by atoms with Crippen LogP contribution in [0.1, 0.15) is 31.9 Å². The molecule has 200 valence electrons. The number of H-pyrrole nitrogens is 1. The van der Waals surface area contributed by atoms with Crippen molar-refractivity contribution in [3.05, 3.63) is 127 Å². The molecule has 4 aromatic carbocycles. The predicted molar refractivity (Wildman–Crippen MR) is 162 cm³/mol. The third kappa shape index (κ3) is 5.57. The van der Waals surface area contributed by atoms with Gasteiger partial charge < -0.3 is 19.6 Å². The van der Waals surface area contributed by atoms with Crippen molar-refractivity contribution in [2.75, 3.05) is 0 Å². The van der Waals surface area contributed by atoms with E-state index in [0.717, 1.165) is 27.8 Å². The fourth-order valence-corrected chi connectivity index (χ4v) is 9.98. The molecule has 0 unspecified atom stereocenters. The minimum Gasteiger partial charge on any atom is -0.534 e. The predicted octanol–water partition coefficient (Wildman–Crippen LogP) is 5.61. The Labute approximate surface area is 232 Å². The van der Waals surface area contributed by atoms with Crippen molar-refractivity contribution in [3.8, 4) is 5.75 Å². The molecular formula is C34H37NO3Si. The van der Waals surface area contributed by atoms with Gasteiger partial charge in [-0.05, 0) is 44.7 Å². The summed E-state index contributed by atoms with van der Waals surface area (Å²) in [5.74, 6) is 0.807. The van der Waals surface area contributed by atoms with Crippen LogP contribution in [-0.4, -0.2) is 35.7 Å². The molecule has 5 heteroatoms. The molecule has 39 heavy (non-hydrogen) atoms. The van der Waals surface area contributed by atoms with Crippen LogP contribution in [0, 0.1) is 0 Å². The van der Waals surface area contributed by atoms with Crippen molar-refractivity contribution in [1.29, 1.82) is 0 Å². The summed E-state index contributed by atoms with van der Waals surface area (Å²) < 4.78 is 7.08. The van der Waals surface area contributed by atoms with E-state index in [9.17, 15) is 10.2 Å². The smallest absolute Gasteiger partial charge is 0.319 e. The molecule has 4 nitrogen and oxygen atoms in total. The van der Waals surface area contributed by atoms with Crippen molar-refractivity contribution in [3.63, 3.8) is 0 Å². The van der Waals surface area contributed by atoms with E-state index in [0.29, 0.717) is 12.8 Å². The minimum atomic E-state index is -2.71. The Hall–Kier alpha value is -3.64. The average Bonchev–Trinajstić information content (AvgIpc) is 3.35. The van der Waals surface area contributed by atoms with Crippen LogP contribution < -0.4 is 14.8 Å². The van der Waals surface area contributed by atoms with Gasteiger partial charge in [0.15, 0.2) is 0 Å². The minimum absolute atomic E-state index is 0.128. The van der Waals surface area contributed by atoms with Gasteiger partial charge in [-0.1, -0.05) is 112 Å². The monoisotopic (exact) mass is 535 g/mol. The van der Waals surface area contributed by atoms with E-state index in [1.54, 1.807) is 0 Å². The average molecular weight is 536 g/mol. The Morgan fingerprint density at radius 2 is 1.23 bits per heavy atom. The molecular weight excluding hydrogens is 498 g/mol. The Balaban J connectivity index is 1.35. The Kier molecular flexibility index (Phi) is 7.76. The maximum absolute atomic E-state index is 10.8. The molecule has 1 heterocycles. The van der Waals surface area contributed by atoms with Crippen molar-refractivity contribution < 1.29 is 14.6 Å². The number of hydrogen-bond donors (Lipinski definition) is 3. The first-order valence-corrected chi connectivity index (χ1v) is 15.5. The van der Waals surface area contributed by atoms with Gasteiger partial charge in [-0.3, -0.25) is 0 Å². The lowest BCUT2D eigenvalue weighted by Gasteiger charge is -2.43. The Morgan fingerprint density at radius 3 is 1.82 bits per heavy atom. The summed E-state index contributed by atoms with van der Waals surface area (Å²) in [5.41, 5.74) is 2.99. The summed E-state index contributed by atoms with van der Waals surface area (Å²) >= 11 is 0. The van der Waals surface area contributed by atoms with Gasteiger partial charge in [0.25, 0.3) is 0 Å². The van der Waals surface area contributed by atoms with Gasteiger partial charge in [0, 0.05) is 29.9 Å². The molecule has 0 fully saturated rings. The molecule has 0 spiro atoms. The first-order chi connectivity index (χ1) is 18.8. The van der Waals surface area contributed by atoms with E-state index >= 15 is 0 Å². The maximum atomic E-state index is 10.8. The number of aromatic amines is 1. The zero-order valence-electron chi connectivity index (χ0n) is 22.8. The number of hydrogen-bond acceptors (Lipinski definition) is 3. The van der Waals surface area contributed by atoms with Crippen LogP contribution in [0.3, 0.4) is 0 Å². The van der Waals surface area contributed by atoms with Gasteiger partial charge in [0.1, 0.15) is 5.75 Å². The van der Waals surface area contributed by atoms with Crippen LogP contribution in [0.15, 0.2) is 115 Å². The van der Waals surface area contributed by atoms with E-state index in [-0.39, 0.29) is 5.04 Å². The maximum Gasteiger partial charge on any atom is 0.319 e. The second-order valence-electron chi connectivity index (χ2n) is 11.3. The summed E-state index contributed by atoms with van der Waals surface area (Å²) in [4.78, 5) is 3.24.